The van der Waals surface area contributed by atoms with E-state index in [1.807, 2.05) is 6.92 Å². The zero-order chi connectivity index (χ0) is 14.7. The Balaban J connectivity index is 1.88. The molecule has 20 heavy (non-hydrogen) atoms. The van der Waals surface area contributed by atoms with E-state index in [1.165, 1.54) is 0 Å². The number of aliphatic hydroxyl groups is 1. The fourth-order valence-electron chi connectivity index (χ4n) is 3.72. The number of amides is 1. The van der Waals surface area contributed by atoms with Crippen LogP contribution in [0.3, 0.4) is 0 Å². The van der Waals surface area contributed by atoms with E-state index in [1.54, 1.807) is 0 Å². The maximum absolute atomic E-state index is 12.7. The molecule has 1 amide bonds. The summed E-state index contributed by atoms with van der Waals surface area (Å²) < 4.78 is 0. The molecule has 116 valence electrons. The van der Waals surface area contributed by atoms with Gasteiger partial charge in [0.05, 0.1) is 12.0 Å². The number of hydrogen-bond acceptors (Lipinski definition) is 3. The molecule has 3 atom stereocenters. The summed E-state index contributed by atoms with van der Waals surface area (Å²) in [6.45, 7) is 10.2. The van der Waals surface area contributed by atoms with Crippen LogP contribution in [-0.4, -0.2) is 59.1 Å². The lowest BCUT2D eigenvalue weighted by Crippen LogP contribution is -2.41. The molecule has 0 aromatic carbocycles. The Bertz CT molecular complexity index is 330. The van der Waals surface area contributed by atoms with Gasteiger partial charge in [-0.15, -0.1) is 0 Å². The van der Waals surface area contributed by atoms with Crippen LogP contribution in [0, 0.1) is 11.8 Å². The van der Waals surface area contributed by atoms with Crippen molar-refractivity contribution in [2.75, 3.05) is 26.2 Å². The van der Waals surface area contributed by atoms with Crippen LogP contribution in [0.4, 0.5) is 0 Å². The first-order valence-corrected chi connectivity index (χ1v) is 8.18. The third-order valence-electron chi connectivity index (χ3n) is 4.52. The van der Waals surface area contributed by atoms with Gasteiger partial charge in [0.25, 0.3) is 0 Å². The predicted molar refractivity (Wildman–Crippen MR) is 80.4 cm³/mol. The predicted octanol–water partition coefficient (Wildman–Crippen LogP) is 1.73. The van der Waals surface area contributed by atoms with Gasteiger partial charge in [-0.05, 0) is 45.1 Å². The number of hydrogen-bond donors (Lipinski definition) is 1. The van der Waals surface area contributed by atoms with Gasteiger partial charge in [0.2, 0.25) is 5.91 Å². The zero-order valence-electron chi connectivity index (χ0n) is 13.2. The van der Waals surface area contributed by atoms with E-state index < -0.39 is 0 Å². The fraction of sp³-hybridized carbons (Fsp3) is 0.938. The van der Waals surface area contributed by atoms with Crippen molar-refractivity contribution in [1.82, 2.24) is 9.80 Å². The number of nitrogens with zero attached hydrogens (tertiary/aromatic N) is 2. The quantitative estimate of drug-likeness (QED) is 0.835. The Morgan fingerprint density at radius 2 is 2.00 bits per heavy atom. The van der Waals surface area contributed by atoms with Crippen LogP contribution in [0.5, 0.6) is 0 Å². The van der Waals surface area contributed by atoms with Crippen molar-refractivity contribution in [2.45, 2.75) is 58.6 Å². The van der Waals surface area contributed by atoms with Gasteiger partial charge >= 0.3 is 0 Å². The van der Waals surface area contributed by atoms with Gasteiger partial charge in [0.15, 0.2) is 0 Å². The number of likely N-dealkylation sites (tertiary alicyclic amines) is 2. The molecule has 3 unspecified atom stereocenters. The average molecular weight is 282 g/mol. The van der Waals surface area contributed by atoms with Crippen molar-refractivity contribution in [3.05, 3.63) is 0 Å². The van der Waals surface area contributed by atoms with Crippen molar-refractivity contribution < 1.29 is 9.90 Å². The van der Waals surface area contributed by atoms with Crippen LogP contribution >= 0.6 is 0 Å². The van der Waals surface area contributed by atoms with Crippen LogP contribution in [0.25, 0.3) is 0 Å². The van der Waals surface area contributed by atoms with E-state index in [-0.39, 0.29) is 18.1 Å². The van der Waals surface area contributed by atoms with E-state index in [9.17, 15) is 9.90 Å². The Labute approximate surface area is 123 Å². The Kier molecular flexibility index (Phi) is 5.44. The number of rotatable bonds is 5. The lowest BCUT2D eigenvalue weighted by molar-refractivity contribution is -0.136. The lowest BCUT2D eigenvalue weighted by atomic mass is 10.0. The van der Waals surface area contributed by atoms with E-state index in [2.05, 4.69) is 23.6 Å². The summed E-state index contributed by atoms with van der Waals surface area (Å²) in [6, 6.07) is 0.265. The average Bonchev–Trinajstić information content (AvgIpc) is 2.96. The van der Waals surface area contributed by atoms with Gasteiger partial charge < -0.3 is 14.9 Å². The summed E-state index contributed by atoms with van der Waals surface area (Å²) in [5, 5.41) is 9.57. The van der Waals surface area contributed by atoms with Crippen molar-refractivity contribution in [1.29, 1.82) is 0 Å². The SMILES string of the molecule is CC(C)CN1CCC(C(=O)N2CCCC2CC(C)O)C1. The fourth-order valence-corrected chi connectivity index (χ4v) is 3.72. The van der Waals surface area contributed by atoms with Crippen molar-refractivity contribution in [2.24, 2.45) is 11.8 Å². The van der Waals surface area contributed by atoms with E-state index in [0.717, 1.165) is 51.9 Å². The van der Waals surface area contributed by atoms with Gasteiger partial charge in [-0.3, -0.25) is 4.79 Å². The summed E-state index contributed by atoms with van der Waals surface area (Å²) >= 11 is 0. The molecule has 0 spiro atoms. The van der Waals surface area contributed by atoms with Crippen LogP contribution in [-0.2, 0) is 4.79 Å². The van der Waals surface area contributed by atoms with Gasteiger partial charge in [-0.2, -0.15) is 0 Å². The lowest BCUT2D eigenvalue weighted by Gasteiger charge is -2.28. The molecule has 4 nitrogen and oxygen atoms in total. The second kappa shape index (κ2) is 6.90. The molecule has 2 fully saturated rings. The number of aliphatic hydroxyl groups excluding tert-OH is 1. The molecule has 2 rings (SSSR count). The second-order valence-electron chi connectivity index (χ2n) is 7.05. The molecule has 0 bridgehead atoms. The molecular formula is C16H30N2O2. The van der Waals surface area contributed by atoms with Crippen LogP contribution < -0.4 is 0 Å². The Morgan fingerprint density at radius 1 is 1.25 bits per heavy atom. The highest BCUT2D eigenvalue weighted by Gasteiger charge is 2.36. The van der Waals surface area contributed by atoms with Crippen molar-refractivity contribution in [3.63, 3.8) is 0 Å². The molecule has 2 heterocycles. The van der Waals surface area contributed by atoms with Crippen molar-refractivity contribution >= 4 is 5.91 Å². The standard InChI is InChI=1S/C16H30N2O2/c1-12(2)10-17-8-6-14(11-17)16(20)18-7-4-5-15(18)9-13(3)19/h12-15,19H,4-11H2,1-3H3. The molecular weight excluding hydrogens is 252 g/mol. The summed E-state index contributed by atoms with van der Waals surface area (Å²) in [4.78, 5) is 17.2. The minimum atomic E-state index is -0.311. The molecule has 0 saturated carbocycles. The molecule has 0 aliphatic carbocycles. The molecule has 2 aliphatic rings. The van der Waals surface area contributed by atoms with Crippen LogP contribution in [0.2, 0.25) is 0 Å². The molecule has 4 heteroatoms. The zero-order valence-corrected chi connectivity index (χ0v) is 13.2. The normalized spacial score (nSPS) is 29.4. The van der Waals surface area contributed by atoms with Crippen LogP contribution in [0.15, 0.2) is 0 Å². The Morgan fingerprint density at radius 3 is 2.65 bits per heavy atom. The van der Waals surface area contributed by atoms with Gasteiger partial charge in [-0.25, -0.2) is 0 Å². The highest BCUT2D eigenvalue weighted by molar-refractivity contribution is 5.80. The first kappa shape index (κ1) is 15.8. The van der Waals surface area contributed by atoms with Gasteiger partial charge in [0, 0.05) is 25.7 Å². The molecule has 0 radical (unpaired) electrons. The first-order chi connectivity index (χ1) is 9.47. The van der Waals surface area contributed by atoms with E-state index >= 15 is 0 Å². The van der Waals surface area contributed by atoms with E-state index in [4.69, 9.17) is 0 Å². The first-order valence-electron chi connectivity index (χ1n) is 8.18. The topological polar surface area (TPSA) is 43.8 Å². The molecule has 2 saturated heterocycles. The van der Waals surface area contributed by atoms with Gasteiger partial charge in [0.1, 0.15) is 0 Å². The monoisotopic (exact) mass is 282 g/mol. The highest BCUT2D eigenvalue weighted by Crippen LogP contribution is 2.27. The Hall–Kier alpha value is -0.610. The third-order valence-corrected chi connectivity index (χ3v) is 4.52. The summed E-state index contributed by atoms with van der Waals surface area (Å²) in [5.41, 5.74) is 0. The summed E-state index contributed by atoms with van der Waals surface area (Å²) in [5.74, 6) is 1.18. The molecule has 2 aliphatic heterocycles. The minimum absolute atomic E-state index is 0.184. The maximum Gasteiger partial charge on any atom is 0.227 e. The smallest absolute Gasteiger partial charge is 0.227 e. The molecule has 0 aromatic heterocycles. The summed E-state index contributed by atoms with van der Waals surface area (Å²) in [6.07, 6.45) is 3.57. The van der Waals surface area contributed by atoms with Gasteiger partial charge in [-0.1, -0.05) is 13.8 Å². The molecule has 1 N–H and O–H groups in total. The van der Waals surface area contributed by atoms with Crippen LogP contribution in [0.1, 0.15) is 46.5 Å². The minimum Gasteiger partial charge on any atom is -0.393 e. The maximum atomic E-state index is 12.7. The second-order valence-corrected chi connectivity index (χ2v) is 7.05. The third kappa shape index (κ3) is 3.95. The van der Waals surface area contributed by atoms with E-state index in [0.29, 0.717) is 11.8 Å². The number of carbonyl (C=O) groups excluding carboxylic acids is 1. The largest absolute Gasteiger partial charge is 0.393 e. The summed E-state index contributed by atoms with van der Waals surface area (Å²) in [7, 11) is 0. The highest BCUT2D eigenvalue weighted by atomic mass is 16.3. The molecule has 0 aromatic rings. The number of carbonyl (C=O) groups is 1. The van der Waals surface area contributed by atoms with Crippen molar-refractivity contribution in [3.8, 4) is 0 Å².